The van der Waals surface area contributed by atoms with Gasteiger partial charge >= 0.3 is 0 Å². The molecule has 0 spiro atoms. The van der Waals surface area contributed by atoms with E-state index in [0.717, 1.165) is 22.7 Å². The van der Waals surface area contributed by atoms with E-state index in [1.807, 2.05) is 0 Å². The summed E-state index contributed by atoms with van der Waals surface area (Å²) in [5.74, 6) is 0. The summed E-state index contributed by atoms with van der Waals surface area (Å²) in [4.78, 5) is 2.33. The van der Waals surface area contributed by atoms with Crippen LogP contribution in [0.3, 0.4) is 0 Å². The van der Waals surface area contributed by atoms with E-state index in [4.69, 9.17) is 0 Å². The number of para-hydroxylation sites is 2. The van der Waals surface area contributed by atoms with Crippen LogP contribution in [0.4, 0.5) is 17.1 Å². The van der Waals surface area contributed by atoms with Crippen LogP contribution < -0.4 is 4.90 Å². The van der Waals surface area contributed by atoms with Gasteiger partial charge in [0.15, 0.2) is 0 Å². The molecule has 0 aliphatic carbocycles. The Morgan fingerprint density at radius 3 is 1.48 bits per heavy atom. The van der Waals surface area contributed by atoms with Crippen LogP contribution in [0.15, 0.2) is 231 Å². The van der Waals surface area contributed by atoms with Crippen molar-refractivity contribution >= 4 is 60.4 Å². The predicted octanol–water partition coefficient (Wildman–Crippen LogP) is 15.6. The molecule has 58 heavy (non-hydrogen) atoms. The van der Waals surface area contributed by atoms with Crippen molar-refractivity contribution in [1.82, 2.24) is 4.57 Å². The Labute approximate surface area is 338 Å². The van der Waals surface area contributed by atoms with Crippen LogP contribution >= 0.6 is 0 Å². The standard InChI is InChI=1S/C56H38N2/c1-3-14-43(15-4-1)53-38-54-51-20-11-12-22-55(51)58(56(54)52-21-10-9-19-50(52)53)49-35-27-41(28-36-49)40-25-31-47(32-26-40)57(46-17-5-2-6-18-46)48-33-29-42(30-34-48)45-24-23-39-13-7-8-16-44(39)37-45/h1-38H. The zero-order valence-corrected chi connectivity index (χ0v) is 31.8. The fourth-order valence-corrected chi connectivity index (χ4v) is 8.75. The highest BCUT2D eigenvalue weighted by Gasteiger charge is 2.18. The summed E-state index contributed by atoms with van der Waals surface area (Å²) in [5, 5.41) is 7.54. The Balaban J connectivity index is 0.944. The number of anilines is 3. The van der Waals surface area contributed by atoms with E-state index >= 15 is 0 Å². The molecule has 10 aromatic carbocycles. The Bertz CT molecular complexity index is 3230. The zero-order valence-electron chi connectivity index (χ0n) is 31.8. The SMILES string of the molecule is c1ccc(-c2cc3c4ccccc4n(-c4ccc(-c5ccc(N(c6ccccc6)c6ccc(-c7ccc8ccccc8c7)cc6)cc5)cc4)c3c3ccccc23)cc1. The van der Waals surface area contributed by atoms with Crippen LogP contribution in [0.2, 0.25) is 0 Å². The second-order valence-corrected chi connectivity index (χ2v) is 15.0. The average Bonchev–Trinajstić information content (AvgIpc) is 3.64. The normalized spacial score (nSPS) is 11.4. The molecule has 0 aliphatic heterocycles. The van der Waals surface area contributed by atoms with Crippen LogP contribution in [0.1, 0.15) is 0 Å². The van der Waals surface area contributed by atoms with Crippen molar-refractivity contribution in [1.29, 1.82) is 0 Å². The summed E-state index contributed by atoms with van der Waals surface area (Å²) >= 11 is 0. The Morgan fingerprint density at radius 2 is 0.793 bits per heavy atom. The van der Waals surface area contributed by atoms with Crippen LogP contribution in [-0.2, 0) is 0 Å². The van der Waals surface area contributed by atoms with Gasteiger partial charge in [0.25, 0.3) is 0 Å². The Hall–Kier alpha value is -7.68. The van der Waals surface area contributed by atoms with Gasteiger partial charge in [0, 0.05) is 38.9 Å². The first kappa shape index (κ1) is 33.6. The van der Waals surface area contributed by atoms with E-state index in [0.29, 0.717) is 0 Å². The third-order valence-electron chi connectivity index (χ3n) is 11.6. The van der Waals surface area contributed by atoms with Crippen LogP contribution in [0.5, 0.6) is 0 Å². The van der Waals surface area contributed by atoms with E-state index in [1.165, 1.54) is 76.7 Å². The third kappa shape index (κ3) is 5.82. The minimum atomic E-state index is 1.11. The molecule has 0 fully saturated rings. The van der Waals surface area contributed by atoms with Crippen LogP contribution in [0.25, 0.3) is 82.4 Å². The van der Waals surface area contributed by atoms with E-state index in [-0.39, 0.29) is 0 Å². The molecular formula is C56H38N2. The molecule has 0 amide bonds. The van der Waals surface area contributed by atoms with Crippen molar-refractivity contribution in [3.05, 3.63) is 231 Å². The molecule has 0 aliphatic rings. The maximum absolute atomic E-state index is 2.44. The molecule has 0 unspecified atom stereocenters. The highest BCUT2D eigenvalue weighted by molar-refractivity contribution is 6.22. The second kappa shape index (κ2) is 14.1. The molecule has 0 saturated heterocycles. The van der Waals surface area contributed by atoms with Crippen molar-refractivity contribution in [2.24, 2.45) is 0 Å². The van der Waals surface area contributed by atoms with E-state index < -0.39 is 0 Å². The largest absolute Gasteiger partial charge is 0.311 e. The van der Waals surface area contributed by atoms with Gasteiger partial charge < -0.3 is 9.47 Å². The Morgan fingerprint density at radius 1 is 0.293 bits per heavy atom. The molecule has 2 nitrogen and oxygen atoms in total. The number of fused-ring (bicyclic) bond motifs is 6. The van der Waals surface area contributed by atoms with Crippen molar-refractivity contribution in [2.75, 3.05) is 4.90 Å². The maximum atomic E-state index is 2.44. The average molecular weight is 739 g/mol. The summed E-state index contributed by atoms with van der Waals surface area (Å²) in [6.07, 6.45) is 0. The zero-order chi connectivity index (χ0) is 38.4. The van der Waals surface area contributed by atoms with Crippen molar-refractivity contribution in [3.8, 4) is 39.1 Å². The highest BCUT2D eigenvalue weighted by Crippen LogP contribution is 2.42. The van der Waals surface area contributed by atoms with Crippen molar-refractivity contribution < 1.29 is 0 Å². The number of nitrogens with zero attached hydrogens (tertiary/aromatic N) is 2. The van der Waals surface area contributed by atoms with Crippen LogP contribution in [-0.4, -0.2) is 4.57 Å². The second-order valence-electron chi connectivity index (χ2n) is 15.0. The monoisotopic (exact) mass is 738 g/mol. The van der Waals surface area contributed by atoms with Crippen molar-refractivity contribution in [3.63, 3.8) is 0 Å². The molecule has 1 aromatic heterocycles. The first-order valence-electron chi connectivity index (χ1n) is 19.9. The van der Waals surface area contributed by atoms with Gasteiger partial charge in [-0.3, -0.25) is 0 Å². The summed E-state index contributed by atoms with van der Waals surface area (Å²) in [6.45, 7) is 0. The molecule has 0 saturated carbocycles. The molecule has 1 heterocycles. The van der Waals surface area contributed by atoms with E-state index in [1.54, 1.807) is 0 Å². The lowest BCUT2D eigenvalue weighted by atomic mass is 9.95. The van der Waals surface area contributed by atoms with E-state index in [2.05, 4.69) is 240 Å². The summed E-state index contributed by atoms with van der Waals surface area (Å²) in [5.41, 5.74) is 14.2. The molecule has 2 heteroatoms. The van der Waals surface area contributed by atoms with Gasteiger partial charge in [0.05, 0.1) is 11.0 Å². The minimum Gasteiger partial charge on any atom is -0.311 e. The fraction of sp³-hybridized carbons (Fsp3) is 0. The summed E-state index contributed by atoms with van der Waals surface area (Å²) in [7, 11) is 0. The van der Waals surface area contributed by atoms with Gasteiger partial charge in [-0.25, -0.2) is 0 Å². The summed E-state index contributed by atoms with van der Waals surface area (Å²) in [6, 6.07) is 83.5. The number of aromatic nitrogens is 1. The number of hydrogen-bond acceptors (Lipinski definition) is 1. The highest BCUT2D eigenvalue weighted by atomic mass is 15.1. The first-order chi connectivity index (χ1) is 28.8. The predicted molar refractivity (Wildman–Crippen MR) is 247 cm³/mol. The van der Waals surface area contributed by atoms with E-state index in [9.17, 15) is 0 Å². The molecule has 0 bridgehead atoms. The van der Waals surface area contributed by atoms with Gasteiger partial charge in [0.1, 0.15) is 0 Å². The Kier molecular flexibility index (Phi) is 8.19. The molecule has 272 valence electrons. The minimum absolute atomic E-state index is 1.11. The topological polar surface area (TPSA) is 8.17 Å². The lowest BCUT2D eigenvalue weighted by molar-refractivity contribution is 1.19. The van der Waals surface area contributed by atoms with Gasteiger partial charge in [-0.1, -0.05) is 164 Å². The number of rotatable bonds is 7. The summed E-state index contributed by atoms with van der Waals surface area (Å²) < 4.78 is 2.44. The molecule has 0 N–H and O–H groups in total. The maximum Gasteiger partial charge on any atom is 0.0619 e. The molecule has 0 radical (unpaired) electrons. The third-order valence-corrected chi connectivity index (χ3v) is 11.6. The number of hydrogen-bond donors (Lipinski definition) is 0. The lowest BCUT2D eigenvalue weighted by Gasteiger charge is -2.26. The number of benzene rings is 10. The quantitative estimate of drug-likeness (QED) is 0.158. The smallest absolute Gasteiger partial charge is 0.0619 e. The van der Waals surface area contributed by atoms with Gasteiger partial charge in [-0.05, 0) is 116 Å². The van der Waals surface area contributed by atoms with Crippen LogP contribution in [0, 0.1) is 0 Å². The fourth-order valence-electron chi connectivity index (χ4n) is 8.75. The molecular weight excluding hydrogens is 701 g/mol. The van der Waals surface area contributed by atoms with Crippen molar-refractivity contribution in [2.45, 2.75) is 0 Å². The lowest BCUT2D eigenvalue weighted by Crippen LogP contribution is -2.09. The molecule has 11 aromatic rings. The molecule has 11 rings (SSSR count). The first-order valence-corrected chi connectivity index (χ1v) is 19.9. The van der Waals surface area contributed by atoms with Gasteiger partial charge in [-0.2, -0.15) is 0 Å². The van der Waals surface area contributed by atoms with Gasteiger partial charge in [0.2, 0.25) is 0 Å². The molecule has 0 atom stereocenters. The van der Waals surface area contributed by atoms with Gasteiger partial charge in [-0.15, -0.1) is 0 Å².